The molecule has 2 unspecified atom stereocenters. The summed E-state index contributed by atoms with van der Waals surface area (Å²) in [5.74, 6) is -2.13. The molecule has 0 radical (unpaired) electrons. The zero-order chi connectivity index (χ0) is 29.0. The van der Waals surface area contributed by atoms with Crippen molar-refractivity contribution in [3.05, 3.63) is 49.6 Å². The number of aliphatic hydroxyl groups is 1. The molecule has 9 nitrogen and oxygen atoms in total. The maximum atomic E-state index is 14.4. The SMILES string of the molecule is C=CCN(CCC)C(=O)[C@@H]1[C@H]2C(=O)N(CCO)C(C(=O)N(CC=C)c3ccc(N(CC)CC)cc3)C23CC[C@H]1O3. The first-order valence-electron chi connectivity index (χ1n) is 14.6. The van der Waals surface area contributed by atoms with Crippen molar-refractivity contribution < 1.29 is 24.2 Å². The van der Waals surface area contributed by atoms with Crippen molar-refractivity contribution in [1.82, 2.24) is 9.80 Å². The molecule has 3 amide bonds. The van der Waals surface area contributed by atoms with Gasteiger partial charge in [-0.1, -0.05) is 19.1 Å². The zero-order valence-electron chi connectivity index (χ0n) is 24.1. The molecule has 3 aliphatic heterocycles. The van der Waals surface area contributed by atoms with Gasteiger partial charge in [-0.2, -0.15) is 0 Å². The van der Waals surface area contributed by atoms with Gasteiger partial charge in [0.05, 0.1) is 24.5 Å². The molecular weight excluding hydrogens is 508 g/mol. The number of carbonyl (C=O) groups is 3. The number of amides is 3. The Morgan fingerprint density at radius 3 is 2.30 bits per heavy atom. The third kappa shape index (κ3) is 4.94. The van der Waals surface area contributed by atoms with Crippen LogP contribution in [0.25, 0.3) is 0 Å². The molecule has 1 N–H and O–H groups in total. The monoisotopic (exact) mass is 552 g/mol. The second-order valence-electron chi connectivity index (χ2n) is 10.8. The number of likely N-dealkylation sites (tertiary alicyclic amines) is 1. The van der Waals surface area contributed by atoms with Crippen LogP contribution in [-0.2, 0) is 19.1 Å². The van der Waals surface area contributed by atoms with E-state index in [0.717, 1.165) is 25.2 Å². The van der Waals surface area contributed by atoms with Gasteiger partial charge in [-0.25, -0.2) is 0 Å². The van der Waals surface area contributed by atoms with Crippen LogP contribution < -0.4 is 9.80 Å². The fraction of sp³-hybridized carbons (Fsp3) is 0.581. The van der Waals surface area contributed by atoms with Gasteiger partial charge in [0, 0.05) is 50.6 Å². The topological polar surface area (TPSA) is 93.6 Å². The molecule has 0 saturated carbocycles. The molecule has 3 saturated heterocycles. The second-order valence-corrected chi connectivity index (χ2v) is 10.8. The highest BCUT2D eigenvalue weighted by molar-refractivity contribution is 6.05. The third-order valence-corrected chi connectivity index (χ3v) is 8.68. The summed E-state index contributed by atoms with van der Waals surface area (Å²) in [5.41, 5.74) is 0.644. The van der Waals surface area contributed by atoms with Gasteiger partial charge < -0.3 is 29.4 Å². The molecule has 0 aliphatic carbocycles. The van der Waals surface area contributed by atoms with Gasteiger partial charge in [0.1, 0.15) is 11.6 Å². The minimum atomic E-state index is -1.11. The number of rotatable bonds is 14. The highest BCUT2D eigenvalue weighted by atomic mass is 16.5. The van der Waals surface area contributed by atoms with Crippen molar-refractivity contribution in [3.63, 3.8) is 0 Å². The quantitative estimate of drug-likeness (QED) is 0.357. The molecule has 0 aromatic heterocycles. The van der Waals surface area contributed by atoms with Crippen LogP contribution in [0.15, 0.2) is 49.6 Å². The van der Waals surface area contributed by atoms with Gasteiger partial charge in [-0.3, -0.25) is 14.4 Å². The van der Waals surface area contributed by atoms with Crippen molar-refractivity contribution in [2.24, 2.45) is 11.8 Å². The Kier molecular flexibility index (Phi) is 9.36. The standard InChI is InChI=1S/C31H44N4O5/c1-6-17-33(18-7-2)28(37)25-24-15-16-31(40-24)26(25)29(38)35(20-21-36)27(31)30(39)34(19-8-3)23-13-11-22(12-14-23)32(9-4)10-5/h6,8,11-14,24-27,36H,1,3,7,9-10,15-21H2,2,4-5H3/t24-,25+,26+,27?,31?/m1/s1. The van der Waals surface area contributed by atoms with E-state index in [1.807, 2.05) is 31.2 Å². The fourth-order valence-electron chi connectivity index (χ4n) is 7.02. The Labute approximate surface area is 238 Å². The maximum Gasteiger partial charge on any atom is 0.253 e. The summed E-state index contributed by atoms with van der Waals surface area (Å²) in [7, 11) is 0. The van der Waals surface area contributed by atoms with E-state index in [-0.39, 0.29) is 37.4 Å². The first kappa shape index (κ1) is 29.8. The predicted octanol–water partition coefficient (Wildman–Crippen LogP) is 2.84. The predicted molar refractivity (Wildman–Crippen MR) is 156 cm³/mol. The van der Waals surface area contributed by atoms with E-state index < -0.39 is 29.6 Å². The molecule has 2 bridgehead atoms. The zero-order valence-corrected chi connectivity index (χ0v) is 24.1. The first-order valence-corrected chi connectivity index (χ1v) is 14.6. The van der Waals surface area contributed by atoms with Crippen molar-refractivity contribution in [1.29, 1.82) is 0 Å². The van der Waals surface area contributed by atoms with E-state index in [2.05, 4.69) is 31.9 Å². The van der Waals surface area contributed by atoms with Gasteiger partial charge in [0.15, 0.2) is 0 Å². The van der Waals surface area contributed by atoms with E-state index in [0.29, 0.717) is 31.6 Å². The number of carbonyl (C=O) groups excluding carboxylic acids is 3. The number of aliphatic hydroxyl groups excluding tert-OH is 1. The summed E-state index contributed by atoms with van der Waals surface area (Å²) < 4.78 is 6.55. The number of ether oxygens (including phenoxy) is 1. The van der Waals surface area contributed by atoms with Crippen molar-refractivity contribution in [2.75, 3.05) is 55.7 Å². The molecule has 1 spiro atoms. The summed E-state index contributed by atoms with van der Waals surface area (Å²) in [5, 5.41) is 9.90. The Morgan fingerprint density at radius 1 is 1.07 bits per heavy atom. The van der Waals surface area contributed by atoms with E-state index in [9.17, 15) is 19.5 Å². The van der Waals surface area contributed by atoms with Gasteiger partial charge in [-0.05, 0) is 57.4 Å². The van der Waals surface area contributed by atoms with Crippen LogP contribution in [0.4, 0.5) is 11.4 Å². The van der Waals surface area contributed by atoms with Crippen LogP contribution >= 0.6 is 0 Å². The van der Waals surface area contributed by atoms with Crippen LogP contribution in [-0.4, -0.2) is 96.3 Å². The van der Waals surface area contributed by atoms with Crippen LogP contribution in [0.1, 0.15) is 40.0 Å². The molecule has 1 aromatic carbocycles. The number of anilines is 2. The molecule has 9 heteroatoms. The molecule has 4 rings (SSSR count). The molecule has 3 aliphatic rings. The minimum absolute atomic E-state index is 0.00339. The lowest BCUT2D eigenvalue weighted by Gasteiger charge is -2.37. The molecule has 218 valence electrons. The van der Waals surface area contributed by atoms with E-state index in [1.54, 1.807) is 22.0 Å². The van der Waals surface area contributed by atoms with Crippen LogP contribution in [0.2, 0.25) is 0 Å². The maximum absolute atomic E-state index is 14.4. The third-order valence-electron chi connectivity index (χ3n) is 8.68. The molecule has 3 heterocycles. The average Bonchev–Trinajstić information content (AvgIpc) is 3.60. The Morgan fingerprint density at radius 2 is 1.73 bits per heavy atom. The summed E-state index contributed by atoms with van der Waals surface area (Å²) in [6.45, 7) is 16.5. The lowest BCUT2D eigenvalue weighted by molar-refractivity contribution is -0.145. The summed E-state index contributed by atoms with van der Waals surface area (Å²) in [6, 6.07) is 6.86. The number of fused-ring (bicyclic) bond motifs is 1. The van der Waals surface area contributed by atoms with Crippen molar-refractivity contribution in [2.45, 2.75) is 57.8 Å². The Bertz CT molecular complexity index is 1100. The highest BCUT2D eigenvalue weighted by Crippen LogP contribution is 2.59. The van der Waals surface area contributed by atoms with E-state index in [4.69, 9.17) is 4.74 Å². The largest absolute Gasteiger partial charge is 0.395 e. The molecule has 5 atom stereocenters. The summed E-state index contributed by atoms with van der Waals surface area (Å²) in [4.78, 5) is 49.3. The average molecular weight is 553 g/mol. The molecule has 40 heavy (non-hydrogen) atoms. The van der Waals surface area contributed by atoms with Gasteiger partial charge in [-0.15, -0.1) is 13.2 Å². The lowest BCUT2D eigenvalue weighted by Crippen LogP contribution is -2.57. The number of nitrogens with zero attached hydrogens (tertiary/aromatic N) is 4. The second kappa shape index (κ2) is 12.6. The summed E-state index contributed by atoms with van der Waals surface area (Å²) in [6.07, 6.45) is 4.83. The van der Waals surface area contributed by atoms with Gasteiger partial charge >= 0.3 is 0 Å². The Hall–Kier alpha value is -3.17. The lowest BCUT2D eigenvalue weighted by atomic mass is 9.70. The highest BCUT2D eigenvalue weighted by Gasteiger charge is 2.74. The molecular formula is C31H44N4O5. The number of hydrogen-bond acceptors (Lipinski definition) is 6. The van der Waals surface area contributed by atoms with Gasteiger partial charge in [0.25, 0.3) is 5.91 Å². The van der Waals surface area contributed by atoms with Gasteiger partial charge in [0.2, 0.25) is 11.8 Å². The normalized spacial score (nSPS) is 26.5. The van der Waals surface area contributed by atoms with E-state index in [1.165, 1.54) is 4.90 Å². The molecule has 1 aromatic rings. The molecule has 3 fully saturated rings. The van der Waals surface area contributed by atoms with E-state index >= 15 is 0 Å². The smallest absolute Gasteiger partial charge is 0.253 e. The van der Waals surface area contributed by atoms with Crippen LogP contribution in [0.3, 0.4) is 0 Å². The van der Waals surface area contributed by atoms with Crippen molar-refractivity contribution >= 4 is 29.1 Å². The first-order chi connectivity index (χ1) is 19.3. The fourth-order valence-corrected chi connectivity index (χ4v) is 7.02. The summed E-state index contributed by atoms with van der Waals surface area (Å²) >= 11 is 0. The number of hydrogen-bond donors (Lipinski definition) is 1. The number of β-amino-alcohol motifs (C(OH)–C–C–N with tert-alkyl or cyclic N) is 1. The number of benzene rings is 1. The van der Waals surface area contributed by atoms with Crippen LogP contribution in [0, 0.1) is 11.8 Å². The van der Waals surface area contributed by atoms with Crippen LogP contribution in [0.5, 0.6) is 0 Å². The minimum Gasteiger partial charge on any atom is -0.395 e. The van der Waals surface area contributed by atoms with Crippen molar-refractivity contribution in [3.8, 4) is 0 Å². The Balaban J connectivity index is 1.71.